The number of aliphatic imine (C=N–C) groups is 1. The molecule has 0 spiro atoms. The van der Waals surface area contributed by atoms with Gasteiger partial charge >= 0.3 is 0 Å². The largest absolute Gasteiger partial charge is 0.846 e. The molecule has 186 valence electrons. The smallest absolute Gasteiger partial charge is 0.262 e. The molecule has 34 heavy (non-hydrogen) atoms. The Morgan fingerprint density at radius 3 is 2.47 bits per heavy atom. The number of nitrogens with one attached hydrogen (secondary N) is 2. The van der Waals surface area contributed by atoms with Crippen molar-refractivity contribution in [2.24, 2.45) is 4.99 Å². The van der Waals surface area contributed by atoms with Crippen molar-refractivity contribution < 1.29 is 23.1 Å². The lowest BCUT2D eigenvalue weighted by Crippen LogP contribution is -2.40. The van der Waals surface area contributed by atoms with Crippen LogP contribution >= 0.6 is 11.6 Å². The number of sulfonamides is 1. The van der Waals surface area contributed by atoms with Gasteiger partial charge in [0.1, 0.15) is 5.75 Å². The Balaban J connectivity index is 0.00000408. The fourth-order valence-electron chi connectivity index (χ4n) is 3.68. The first-order chi connectivity index (χ1) is 15.8. The molecule has 9 nitrogen and oxygen atoms in total. The van der Waals surface area contributed by atoms with Gasteiger partial charge in [0.2, 0.25) is 0 Å². The molecule has 1 aliphatic carbocycles. The van der Waals surface area contributed by atoms with Gasteiger partial charge in [-0.25, -0.2) is 8.42 Å². The maximum Gasteiger partial charge on any atom is 0.262 e. The first-order valence-corrected chi connectivity index (χ1v) is 12.6. The lowest BCUT2D eigenvalue weighted by atomic mass is 9.96. The summed E-state index contributed by atoms with van der Waals surface area (Å²) in [7, 11) is -2.52. The summed E-state index contributed by atoms with van der Waals surface area (Å²) in [6.07, 6.45) is 5.23. The van der Waals surface area contributed by atoms with E-state index >= 15 is 0 Å². The number of nitrogens with zero attached hydrogens (tertiary/aromatic N) is 1. The molecule has 1 amide bonds. The van der Waals surface area contributed by atoms with Gasteiger partial charge in [-0.15, -0.1) is 0 Å². The van der Waals surface area contributed by atoms with E-state index in [0.29, 0.717) is 29.3 Å². The van der Waals surface area contributed by atoms with Gasteiger partial charge in [0, 0.05) is 11.6 Å². The van der Waals surface area contributed by atoms with Gasteiger partial charge in [0.25, 0.3) is 15.9 Å². The Labute approximate surface area is 205 Å². The van der Waals surface area contributed by atoms with Crippen molar-refractivity contribution in [3.63, 3.8) is 0 Å². The third-order valence-electron chi connectivity index (χ3n) is 5.44. The number of halogens is 1. The molecule has 0 bridgehead atoms. The summed E-state index contributed by atoms with van der Waals surface area (Å²) in [5, 5.41) is 15.3. The number of carbonyl (C=O) groups excluding carboxylic acids is 1. The first-order valence-electron chi connectivity index (χ1n) is 10.8. The maximum absolute atomic E-state index is 12.5. The highest BCUT2D eigenvalue weighted by atomic mass is 35.5. The molecule has 11 heteroatoms. The molecular formula is C23H31ClN4O5S. The predicted molar refractivity (Wildman–Crippen MR) is 131 cm³/mol. The zero-order valence-corrected chi connectivity index (χ0v) is 20.9. The van der Waals surface area contributed by atoms with E-state index in [-0.39, 0.29) is 23.0 Å². The molecule has 3 rings (SSSR count). The molecule has 0 heterocycles. The van der Waals surface area contributed by atoms with Crippen molar-refractivity contribution in [3.05, 3.63) is 58.6 Å². The number of amides is 1. The number of hydrogen-bond acceptors (Lipinski definition) is 6. The third-order valence-corrected chi connectivity index (χ3v) is 7.01. The highest BCUT2D eigenvalue weighted by molar-refractivity contribution is 7.90. The van der Waals surface area contributed by atoms with Crippen molar-refractivity contribution in [2.75, 3.05) is 13.7 Å². The van der Waals surface area contributed by atoms with Crippen LogP contribution in [0.15, 0.2) is 52.4 Å². The van der Waals surface area contributed by atoms with E-state index in [4.69, 9.17) is 16.3 Å². The lowest BCUT2D eigenvalue weighted by molar-refractivity contribution is -0.220. The van der Waals surface area contributed by atoms with Crippen LogP contribution in [0.4, 0.5) is 0 Å². The van der Waals surface area contributed by atoms with Crippen molar-refractivity contribution in [3.8, 4) is 5.75 Å². The number of amidine groups is 1. The fraction of sp³-hybridized carbons (Fsp3) is 0.391. The summed E-state index contributed by atoms with van der Waals surface area (Å²) in [4.78, 5) is 16.4. The van der Waals surface area contributed by atoms with E-state index < -0.39 is 16.0 Å². The molecule has 2 aromatic rings. The van der Waals surface area contributed by atoms with E-state index in [9.17, 15) is 18.3 Å². The highest BCUT2D eigenvalue weighted by Gasteiger charge is 2.16. The molecule has 0 aliphatic heterocycles. The van der Waals surface area contributed by atoms with E-state index in [1.165, 1.54) is 25.3 Å². The first kappa shape index (κ1) is 27.4. The van der Waals surface area contributed by atoms with Gasteiger partial charge in [0.05, 0.1) is 29.6 Å². The molecule has 0 radical (unpaired) electrons. The summed E-state index contributed by atoms with van der Waals surface area (Å²) < 4.78 is 32.2. The van der Waals surface area contributed by atoms with Crippen molar-refractivity contribution in [1.82, 2.24) is 16.2 Å². The molecule has 6 N–H and O–H groups in total. The summed E-state index contributed by atoms with van der Waals surface area (Å²) in [5.74, 6) is 0.0988. The van der Waals surface area contributed by atoms with Crippen molar-refractivity contribution >= 4 is 33.6 Å². The van der Waals surface area contributed by atoms with E-state index in [0.717, 1.165) is 37.7 Å². The molecule has 1 saturated carbocycles. The minimum Gasteiger partial charge on any atom is -0.846 e. The Morgan fingerprint density at radius 2 is 1.82 bits per heavy atom. The van der Waals surface area contributed by atoms with E-state index in [2.05, 4.69) is 10.3 Å². The normalized spacial score (nSPS) is 14.7. The van der Waals surface area contributed by atoms with Gasteiger partial charge in [-0.2, -0.15) is 0 Å². The minimum atomic E-state index is -4.00. The SMILES string of the molecule is COc1ccc(Cl)cc1C(=O)NCCc1ccc(S(=O)(=O)NC([O-])=NC2CCCCC2)cc1.[NH4+]. The Bertz CT molecular complexity index is 1100. The highest BCUT2D eigenvalue weighted by Crippen LogP contribution is 2.22. The number of carbonyl (C=O) groups is 1. The topological polar surface area (TPSA) is 156 Å². The number of quaternary nitrogens is 1. The molecule has 0 saturated heterocycles. The Morgan fingerprint density at radius 1 is 1.15 bits per heavy atom. The number of rotatable bonds is 8. The predicted octanol–water partition coefficient (Wildman–Crippen LogP) is 3.02. The van der Waals surface area contributed by atoms with Crippen molar-refractivity contribution in [2.45, 2.75) is 49.5 Å². The fourth-order valence-corrected chi connectivity index (χ4v) is 4.75. The average Bonchev–Trinajstić information content (AvgIpc) is 2.79. The summed E-state index contributed by atoms with van der Waals surface area (Å²) >= 11 is 5.96. The monoisotopic (exact) mass is 510 g/mol. The van der Waals surface area contributed by atoms with Crippen LogP contribution in [-0.4, -0.2) is 40.0 Å². The van der Waals surface area contributed by atoms with Crippen LogP contribution in [0.1, 0.15) is 48.0 Å². The molecule has 2 aromatic carbocycles. The van der Waals surface area contributed by atoms with Crippen LogP contribution in [-0.2, 0) is 16.4 Å². The molecule has 1 fully saturated rings. The minimum absolute atomic E-state index is 0. The van der Waals surface area contributed by atoms with Crippen LogP contribution < -0.4 is 26.0 Å². The number of ether oxygens (including phenoxy) is 1. The van der Waals surface area contributed by atoms with Crippen LogP contribution in [0, 0.1) is 0 Å². The molecule has 0 atom stereocenters. The summed E-state index contributed by atoms with van der Waals surface area (Å²) in [5.41, 5.74) is 1.16. The summed E-state index contributed by atoms with van der Waals surface area (Å²) in [6.45, 7) is 0.331. The van der Waals surface area contributed by atoms with Gasteiger partial charge in [-0.1, -0.05) is 43.0 Å². The number of methoxy groups -OCH3 is 1. The Hall–Kier alpha value is -2.82. The van der Waals surface area contributed by atoms with Crippen LogP contribution in [0.3, 0.4) is 0 Å². The second-order valence-electron chi connectivity index (χ2n) is 7.83. The molecule has 0 aromatic heterocycles. The second-order valence-corrected chi connectivity index (χ2v) is 9.94. The molecule has 1 aliphatic rings. The van der Waals surface area contributed by atoms with Crippen LogP contribution in [0.5, 0.6) is 5.75 Å². The van der Waals surface area contributed by atoms with Crippen molar-refractivity contribution in [1.29, 1.82) is 0 Å². The third kappa shape index (κ3) is 7.61. The van der Waals surface area contributed by atoms with Crippen LogP contribution in [0.25, 0.3) is 0 Å². The zero-order valence-electron chi connectivity index (χ0n) is 19.3. The van der Waals surface area contributed by atoms with Gasteiger partial charge in [-0.3, -0.25) is 14.5 Å². The number of hydrogen-bond donors (Lipinski definition) is 3. The van der Waals surface area contributed by atoms with Gasteiger partial charge in [-0.05, 0) is 55.2 Å². The van der Waals surface area contributed by atoms with E-state index in [1.54, 1.807) is 24.3 Å². The lowest BCUT2D eigenvalue weighted by Gasteiger charge is -2.21. The summed E-state index contributed by atoms with van der Waals surface area (Å²) in [6, 6.07) is 9.98. The second kappa shape index (κ2) is 12.6. The van der Waals surface area contributed by atoms with Gasteiger partial charge in [0.15, 0.2) is 0 Å². The van der Waals surface area contributed by atoms with E-state index in [1.807, 2.05) is 4.72 Å². The molecule has 0 unspecified atom stereocenters. The maximum atomic E-state index is 12.5. The zero-order chi connectivity index (χ0) is 23.8. The quantitative estimate of drug-likeness (QED) is 0.367. The Kier molecular flexibility index (Phi) is 10.2. The van der Waals surface area contributed by atoms with Gasteiger partial charge < -0.3 is 21.3 Å². The molecular weight excluding hydrogens is 480 g/mol. The standard InChI is InChI=1S/C23H28ClN3O5S.H3N/c1-32-21-12-9-17(24)15-20(21)22(28)25-14-13-16-7-10-19(11-8-16)33(30,31)27-23(29)26-18-5-3-2-4-6-18;/h7-12,15,18H,2-6,13-14H2,1H3,(H,25,28)(H2,26,27,29);1H3. The average molecular weight is 511 g/mol. The van der Waals surface area contributed by atoms with Crippen LogP contribution in [0.2, 0.25) is 5.02 Å². The number of benzene rings is 2.